The lowest BCUT2D eigenvalue weighted by molar-refractivity contribution is 0.412. The maximum absolute atomic E-state index is 13.5. The highest BCUT2D eigenvalue weighted by molar-refractivity contribution is 6.32. The van der Waals surface area contributed by atoms with E-state index in [-0.39, 0.29) is 5.82 Å². The van der Waals surface area contributed by atoms with Gasteiger partial charge in [-0.15, -0.1) is 0 Å². The van der Waals surface area contributed by atoms with Gasteiger partial charge in [0.05, 0.1) is 17.7 Å². The van der Waals surface area contributed by atoms with Gasteiger partial charge in [-0.1, -0.05) is 36.7 Å². The molecule has 0 bridgehead atoms. The Kier molecular flexibility index (Phi) is 4.31. The van der Waals surface area contributed by atoms with Crippen molar-refractivity contribution in [1.82, 2.24) is 0 Å². The van der Waals surface area contributed by atoms with Gasteiger partial charge in [0.25, 0.3) is 0 Å². The fourth-order valence-corrected chi connectivity index (χ4v) is 2.47. The molecule has 2 aromatic rings. The minimum absolute atomic E-state index is 0.299. The van der Waals surface area contributed by atoms with Crippen LogP contribution in [0, 0.1) is 5.82 Å². The second kappa shape index (κ2) is 5.81. The number of hydrogen-bond donors (Lipinski definition) is 1. The standard InChI is InChI=1S/C16H17ClFNO/c1-3-16(19,11-5-4-6-13(18)9-11)12-7-8-14(17)15(10-12)20-2/h4-10H,3,19H2,1-2H3. The Morgan fingerprint density at radius 2 is 1.90 bits per heavy atom. The fourth-order valence-electron chi connectivity index (χ4n) is 2.28. The normalized spacial score (nSPS) is 13.8. The number of nitrogens with two attached hydrogens (primary N) is 1. The van der Waals surface area contributed by atoms with E-state index >= 15 is 0 Å². The lowest BCUT2D eigenvalue weighted by Crippen LogP contribution is -2.37. The molecule has 20 heavy (non-hydrogen) atoms. The monoisotopic (exact) mass is 293 g/mol. The topological polar surface area (TPSA) is 35.2 Å². The Labute approximate surface area is 123 Å². The Morgan fingerprint density at radius 3 is 2.50 bits per heavy atom. The number of rotatable bonds is 4. The summed E-state index contributed by atoms with van der Waals surface area (Å²) < 4.78 is 18.7. The third-order valence-corrected chi connectivity index (χ3v) is 3.88. The van der Waals surface area contributed by atoms with E-state index < -0.39 is 5.54 Å². The maximum atomic E-state index is 13.5. The van der Waals surface area contributed by atoms with Crippen molar-refractivity contribution in [3.63, 3.8) is 0 Å². The third kappa shape index (κ3) is 2.65. The summed E-state index contributed by atoms with van der Waals surface area (Å²) in [5.41, 5.74) is 7.31. The molecule has 0 aliphatic heterocycles. The molecule has 1 unspecified atom stereocenters. The number of ether oxygens (including phenoxy) is 1. The van der Waals surface area contributed by atoms with Crippen molar-refractivity contribution < 1.29 is 9.13 Å². The molecule has 106 valence electrons. The van der Waals surface area contributed by atoms with Crippen LogP contribution in [0.5, 0.6) is 5.75 Å². The molecule has 0 aromatic heterocycles. The van der Waals surface area contributed by atoms with Crippen LogP contribution in [-0.4, -0.2) is 7.11 Å². The molecule has 0 spiro atoms. The second-order valence-electron chi connectivity index (χ2n) is 4.68. The van der Waals surface area contributed by atoms with E-state index in [2.05, 4.69) is 0 Å². The molecule has 2 aromatic carbocycles. The van der Waals surface area contributed by atoms with Crippen LogP contribution in [-0.2, 0) is 5.54 Å². The van der Waals surface area contributed by atoms with Crippen molar-refractivity contribution in [2.75, 3.05) is 7.11 Å². The van der Waals surface area contributed by atoms with Gasteiger partial charge in [-0.05, 0) is 41.8 Å². The quantitative estimate of drug-likeness (QED) is 0.921. The van der Waals surface area contributed by atoms with Gasteiger partial charge in [0.1, 0.15) is 11.6 Å². The molecule has 2 nitrogen and oxygen atoms in total. The molecule has 1 atom stereocenters. The van der Waals surface area contributed by atoms with E-state index in [1.54, 1.807) is 25.3 Å². The summed E-state index contributed by atoms with van der Waals surface area (Å²) in [7, 11) is 1.55. The molecule has 2 rings (SSSR count). The summed E-state index contributed by atoms with van der Waals surface area (Å²) in [6.45, 7) is 1.96. The summed E-state index contributed by atoms with van der Waals surface area (Å²) >= 11 is 6.04. The molecular formula is C16H17ClFNO. The third-order valence-electron chi connectivity index (χ3n) is 3.56. The zero-order valence-electron chi connectivity index (χ0n) is 11.5. The summed E-state index contributed by atoms with van der Waals surface area (Å²) in [5, 5.41) is 0.522. The molecule has 0 amide bonds. The highest BCUT2D eigenvalue weighted by atomic mass is 35.5. The van der Waals surface area contributed by atoms with Crippen LogP contribution in [0.1, 0.15) is 24.5 Å². The van der Waals surface area contributed by atoms with E-state index in [0.717, 1.165) is 11.1 Å². The first-order chi connectivity index (χ1) is 9.51. The van der Waals surface area contributed by atoms with Crippen molar-refractivity contribution in [3.05, 3.63) is 64.4 Å². The summed E-state index contributed by atoms with van der Waals surface area (Å²) in [5.74, 6) is 0.260. The molecule has 0 radical (unpaired) electrons. The lowest BCUT2D eigenvalue weighted by atomic mass is 9.81. The van der Waals surface area contributed by atoms with Crippen molar-refractivity contribution in [2.24, 2.45) is 5.73 Å². The number of methoxy groups -OCH3 is 1. The van der Waals surface area contributed by atoms with Gasteiger partial charge in [-0.2, -0.15) is 0 Å². The van der Waals surface area contributed by atoms with Crippen LogP contribution < -0.4 is 10.5 Å². The highest BCUT2D eigenvalue weighted by Gasteiger charge is 2.28. The van der Waals surface area contributed by atoms with Crippen molar-refractivity contribution in [2.45, 2.75) is 18.9 Å². The van der Waals surface area contributed by atoms with Gasteiger partial charge < -0.3 is 10.5 Å². The number of benzene rings is 2. The Bertz CT molecular complexity index is 617. The molecule has 0 saturated carbocycles. The predicted octanol–water partition coefficient (Wildman–Crippen LogP) is 4.10. The van der Waals surface area contributed by atoms with Crippen LogP contribution in [0.3, 0.4) is 0 Å². The van der Waals surface area contributed by atoms with E-state index in [1.165, 1.54) is 12.1 Å². The zero-order chi connectivity index (χ0) is 14.8. The Hall–Kier alpha value is -1.58. The fraction of sp³-hybridized carbons (Fsp3) is 0.250. The van der Waals surface area contributed by atoms with Gasteiger partial charge in [0.15, 0.2) is 0 Å². The van der Waals surface area contributed by atoms with Crippen molar-refractivity contribution in [3.8, 4) is 5.75 Å². The number of hydrogen-bond acceptors (Lipinski definition) is 2. The summed E-state index contributed by atoms with van der Waals surface area (Å²) in [6.07, 6.45) is 0.626. The molecule has 0 heterocycles. The van der Waals surface area contributed by atoms with Crippen molar-refractivity contribution in [1.29, 1.82) is 0 Å². The van der Waals surface area contributed by atoms with Gasteiger partial charge in [-0.25, -0.2) is 4.39 Å². The van der Waals surface area contributed by atoms with Gasteiger partial charge in [-0.3, -0.25) is 0 Å². The zero-order valence-corrected chi connectivity index (χ0v) is 12.2. The molecule has 2 N–H and O–H groups in total. The summed E-state index contributed by atoms with van der Waals surface area (Å²) in [4.78, 5) is 0. The molecule has 0 saturated heterocycles. The molecule has 0 aliphatic rings. The average molecular weight is 294 g/mol. The van der Waals surface area contributed by atoms with E-state index in [4.69, 9.17) is 22.1 Å². The average Bonchev–Trinajstić information content (AvgIpc) is 2.47. The van der Waals surface area contributed by atoms with Crippen LogP contribution in [0.25, 0.3) is 0 Å². The highest BCUT2D eigenvalue weighted by Crippen LogP contribution is 2.35. The predicted molar refractivity (Wildman–Crippen MR) is 79.7 cm³/mol. The van der Waals surface area contributed by atoms with E-state index in [0.29, 0.717) is 17.2 Å². The molecule has 0 aliphatic carbocycles. The first-order valence-corrected chi connectivity index (χ1v) is 6.78. The largest absolute Gasteiger partial charge is 0.495 e. The van der Waals surface area contributed by atoms with E-state index in [1.807, 2.05) is 19.1 Å². The first-order valence-electron chi connectivity index (χ1n) is 6.40. The van der Waals surface area contributed by atoms with Gasteiger partial charge in [0.2, 0.25) is 0 Å². The minimum Gasteiger partial charge on any atom is -0.495 e. The van der Waals surface area contributed by atoms with Crippen LogP contribution in [0.2, 0.25) is 5.02 Å². The maximum Gasteiger partial charge on any atom is 0.137 e. The Morgan fingerprint density at radius 1 is 1.20 bits per heavy atom. The van der Waals surface area contributed by atoms with Crippen LogP contribution >= 0.6 is 11.6 Å². The Balaban J connectivity index is 2.55. The van der Waals surface area contributed by atoms with E-state index in [9.17, 15) is 4.39 Å². The lowest BCUT2D eigenvalue weighted by Gasteiger charge is -2.30. The minimum atomic E-state index is -0.778. The van der Waals surface area contributed by atoms with Crippen LogP contribution in [0.4, 0.5) is 4.39 Å². The van der Waals surface area contributed by atoms with Gasteiger partial charge in [0, 0.05) is 0 Å². The van der Waals surface area contributed by atoms with Crippen molar-refractivity contribution >= 4 is 11.6 Å². The molecule has 0 fully saturated rings. The number of halogens is 2. The SMILES string of the molecule is CCC(N)(c1cccc(F)c1)c1ccc(Cl)c(OC)c1. The summed E-state index contributed by atoms with van der Waals surface area (Å²) in [6, 6.07) is 11.7. The molecular weight excluding hydrogens is 277 g/mol. The molecule has 4 heteroatoms. The van der Waals surface area contributed by atoms with Gasteiger partial charge >= 0.3 is 0 Å². The first kappa shape index (κ1) is 14.8. The van der Waals surface area contributed by atoms with Crippen LogP contribution in [0.15, 0.2) is 42.5 Å². The second-order valence-corrected chi connectivity index (χ2v) is 5.09. The smallest absolute Gasteiger partial charge is 0.137 e.